The van der Waals surface area contributed by atoms with E-state index in [4.69, 9.17) is 30.8 Å². The monoisotopic (exact) mass is 807 g/mol. The number of nitrogens with one attached hydrogen (secondary N) is 5. The number of halogens is 1. The number of benzene rings is 1. The van der Waals surface area contributed by atoms with Gasteiger partial charge in [0.15, 0.2) is 0 Å². The van der Waals surface area contributed by atoms with Crippen LogP contribution in [0.3, 0.4) is 0 Å². The molecule has 0 aromatic heterocycles. The standard InChI is InChI=1S/C25H39FN4O7S.2C4H11N.C3H5NO3/c1-2-27-25(34)21(16-20-6-4-3-5-7-20)30-23(32)18-28-22(31)17-29-24(33)19-38-15-14-37-13-12-36-11-10-35-9-8-26;2*1-2-3-4-5;5-2-4-1-3(6)7/h3-7,21H,2,8-19H2,1H3,(H,27,34)(H,28,31)(H,29,33)(H,30,32);2*2-5H2,1H3;2H,1H2,(H,4,5)(H,6,7). The molecule has 318 valence electrons. The van der Waals surface area contributed by atoms with Crippen LogP contribution in [-0.4, -0.2) is 144 Å². The highest BCUT2D eigenvalue weighted by molar-refractivity contribution is 7.99. The lowest BCUT2D eigenvalue weighted by Gasteiger charge is -2.18. The van der Waals surface area contributed by atoms with Gasteiger partial charge in [-0.15, -0.1) is 11.8 Å². The summed E-state index contributed by atoms with van der Waals surface area (Å²) in [7, 11) is 0. The van der Waals surface area contributed by atoms with Gasteiger partial charge in [0.2, 0.25) is 30.0 Å². The van der Waals surface area contributed by atoms with Crippen molar-refractivity contribution in [1.29, 1.82) is 0 Å². The van der Waals surface area contributed by atoms with Crippen LogP contribution in [0, 0.1) is 0 Å². The van der Waals surface area contributed by atoms with E-state index in [-0.39, 0.29) is 43.8 Å². The van der Waals surface area contributed by atoms with Gasteiger partial charge in [0.05, 0.1) is 58.5 Å². The minimum absolute atomic E-state index is 0.0723. The van der Waals surface area contributed by atoms with Crippen molar-refractivity contribution in [2.75, 3.05) is 97.1 Å². The summed E-state index contributed by atoms with van der Waals surface area (Å²) < 4.78 is 27.4. The van der Waals surface area contributed by atoms with Crippen molar-refractivity contribution < 1.29 is 52.5 Å². The van der Waals surface area contributed by atoms with Crippen molar-refractivity contribution in [2.45, 2.75) is 58.9 Å². The Morgan fingerprint density at radius 2 is 1.33 bits per heavy atom. The number of hydrogen-bond donors (Lipinski definition) is 8. The van der Waals surface area contributed by atoms with E-state index in [1.165, 1.54) is 37.4 Å². The number of unbranched alkanes of at least 4 members (excludes halogenated alkanes) is 2. The lowest BCUT2D eigenvalue weighted by molar-refractivity contribution is -0.136. The lowest BCUT2D eigenvalue weighted by Crippen LogP contribution is -2.51. The number of carboxylic acids is 1. The highest BCUT2D eigenvalue weighted by atomic mass is 32.2. The third kappa shape index (κ3) is 44.4. The average Bonchev–Trinajstić information content (AvgIpc) is 3.17. The largest absolute Gasteiger partial charge is 0.480 e. The van der Waals surface area contributed by atoms with Crippen LogP contribution in [0.25, 0.3) is 0 Å². The number of rotatable bonds is 29. The highest BCUT2D eigenvalue weighted by Crippen LogP contribution is 2.04. The van der Waals surface area contributed by atoms with Gasteiger partial charge in [-0.3, -0.25) is 28.8 Å². The van der Waals surface area contributed by atoms with Gasteiger partial charge in [0.25, 0.3) is 0 Å². The summed E-state index contributed by atoms with van der Waals surface area (Å²) in [5.74, 6) is -1.94. The van der Waals surface area contributed by atoms with Gasteiger partial charge < -0.3 is 57.4 Å². The minimum Gasteiger partial charge on any atom is -0.480 e. The molecule has 0 fully saturated rings. The van der Waals surface area contributed by atoms with Crippen LogP contribution >= 0.6 is 11.8 Å². The normalized spacial score (nSPS) is 10.4. The predicted octanol–water partition coefficient (Wildman–Crippen LogP) is 0.142. The van der Waals surface area contributed by atoms with Gasteiger partial charge in [-0.2, -0.15) is 0 Å². The van der Waals surface area contributed by atoms with E-state index in [2.05, 4.69) is 35.1 Å². The molecule has 0 aliphatic rings. The molecule has 0 saturated carbocycles. The Labute approximate surface area is 329 Å². The second-order valence-electron chi connectivity index (χ2n) is 11.0. The zero-order valence-corrected chi connectivity index (χ0v) is 33.6. The van der Waals surface area contributed by atoms with Crippen LogP contribution in [-0.2, 0) is 49.4 Å². The van der Waals surface area contributed by atoms with Crippen molar-refractivity contribution in [2.24, 2.45) is 11.5 Å². The molecule has 1 rings (SSSR count). The number of carbonyl (C=O) groups excluding carboxylic acids is 5. The van der Waals surface area contributed by atoms with Crippen molar-refractivity contribution in [3.8, 4) is 0 Å². The number of carbonyl (C=O) groups is 6. The highest BCUT2D eigenvalue weighted by Gasteiger charge is 2.21. The number of amides is 5. The van der Waals surface area contributed by atoms with Crippen molar-refractivity contribution in [3.05, 3.63) is 35.9 Å². The van der Waals surface area contributed by atoms with Gasteiger partial charge >= 0.3 is 5.97 Å². The molecule has 19 heteroatoms. The Bertz CT molecular complexity index is 1090. The molecule has 10 N–H and O–H groups in total. The fraction of sp³-hybridized carbons (Fsp3) is 0.667. The summed E-state index contributed by atoms with van der Waals surface area (Å²) in [6, 6.07) is 8.51. The molecule has 1 aromatic carbocycles. The summed E-state index contributed by atoms with van der Waals surface area (Å²) >= 11 is 1.36. The van der Waals surface area contributed by atoms with Crippen LogP contribution in [0.4, 0.5) is 4.39 Å². The maximum Gasteiger partial charge on any atom is 0.322 e. The second kappa shape index (κ2) is 44.5. The molecule has 1 aromatic rings. The zero-order valence-electron chi connectivity index (χ0n) is 32.7. The first-order valence-corrected chi connectivity index (χ1v) is 19.5. The Balaban J connectivity index is -0.00000131. The smallest absolute Gasteiger partial charge is 0.322 e. The number of carboxylic acid groups (broad SMARTS) is 1. The first-order chi connectivity index (χ1) is 26.6. The fourth-order valence-corrected chi connectivity index (χ4v) is 4.16. The topological polar surface area (TPSA) is 263 Å². The van der Waals surface area contributed by atoms with Gasteiger partial charge in [-0.25, -0.2) is 4.39 Å². The summed E-state index contributed by atoms with van der Waals surface area (Å²) in [4.78, 5) is 67.4. The molecule has 5 amide bonds. The molecule has 0 bridgehead atoms. The summed E-state index contributed by atoms with van der Waals surface area (Å²) in [5.41, 5.74) is 11.2. The molecule has 0 saturated heterocycles. The van der Waals surface area contributed by atoms with E-state index in [1.54, 1.807) is 6.92 Å². The van der Waals surface area contributed by atoms with Crippen LogP contribution in [0.5, 0.6) is 0 Å². The van der Waals surface area contributed by atoms with E-state index in [1.807, 2.05) is 35.6 Å². The Morgan fingerprint density at radius 1 is 0.782 bits per heavy atom. The Morgan fingerprint density at radius 3 is 1.80 bits per heavy atom. The maximum atomic E-state index is 12.3. The van der Waals surface area contributed by atoms with Crippen molar-refractivity contribution in [1.82, 2.24) is 26.6 Å². The number of hydrogen-bond acceptors (Lipinski definition) is 12. The predicted molar refractivity (Wildman–Crippen MR) is 212 cm³/mol. The van der Waals surface area contributed by atoms with E-state index >= 15 is 0 Å². The Hall–Kier alpha value is -3.88. The third-order valence-electron chi connectivity index (χ3n) is 6.20. The number of nitrogens with two attached hydrogens (primary N) is 2. The van der Waals surface area contributed by atoms with Crippen LogP contribution in [0.2, 0.25) is 0 Å². The summed E-state index contributed by atoms with van der Waals surface area (Å²) in [5, 5.41) is 20.1. The fourth-order valence-electron chi connectivity index (χ4n) is 3.49. The van der Waals surface area contributed by atoms with E-state index in [9.17, 15) is 33.2 Å². The van der Waals surface area contributed by atoms with Crippen LogP contribution < -0.4 is 38.1 Å². The number of aliphatic carboxylic acids is 1. The molecule has 0 radical (unpaired) electrons. The number of ether oxygens (including phenoxy) is 3. The zero-order chi connectivity index (χ0) is 41.8. The number of alkyl halides is 1. The van der Waals surface area contributed by atoms with Gasteiger partial charge in [0, 0.05) is 18.7 Å². The lowest BCUT2D eigenvalue weighted by atomic mass is 10.1. The van der Waals surface area contributed by atoms with E-state index in [0.29, 0.717) is 58.2 Å². The Kier molecular flexibility index (Phi) is 44.9. The molecule has 1 unspecified atom stereocenters. The molecule has 0 heterocycles. The first-order valence-electron chi connectivity index (χ1n) is 18.4. The van der Waals surface area contributed by atoms with E-state index < -0.39 is 30.5 Å². The number of thioether (sulfide) groups is 1. The van der Waals surface area contributed by atoms with Gasteiger partial charge in [0.1, 0.15) is 19.3 Å². The van der Waals surface area contributed by atoms with Gasteiger partial charge in [-0.1, -0.05) is 57.0 Å². The molecule has 0 aliphatic carbocycles. The molecule has 0 spiro atoms. The molecule has 17 nitrogen and oxygen atoms in total. The molecule has 0 aliphatic heterocycles. The summed E-state index contributed by atoms with van der Waals surface area (Å²) in [6.45, 7) is 8.80. The van der Waals surface area contributed by atoms with Gasteiger partial charge in [-0.05, 0) is 38.4 Å². The van der Waals surface area contributed by atoms with Crippen LogP contribution in [0.1, 0.15) is 52.0 Å². The van der Waals surface area contributed by atoms with Crippen LogP contribution in [0.15, 0.2) is 30.3 Å². The molecular weight excluding hydrogens is 742 g/mol. The maximum absolute atomic E-state index is 12.3. The minimum atomic E-state index is -1.04. The van der Waals surface area contributed by atoms with Crippen molar-refractivity contribution in [3.63, 3.8) is 0 Å². The molecule has 55 heavy (non-hydrogen) atoms. The average molecular weight is 808 g/mol. The van der Waals surface area contributed by atoms with Crippen molar-refractivity contribution >= 4 is 47.8 Å². The second-order valence-corrected chi connectivity index (χ2v) is 12.1. The third-order valence-corrected chi connectivity index (χ3v) is 7.12. The molecular formula is C36H66FN7O10S. The SMILES string of the molecule is CCCCN.CCCCN.CCNC(=O)C(Cc1ccccc1)NC(=O)CNC(=O)CNC(=O)CSCCOCCOCCOCCF.O=CNCC(=O)O. The number of likely N-dealkylation sites (N-methyl/N-ethyl adjacent to an activating group) is 1. The summed E-state index contributed by atoms with van der Waals surface area (Å²) in [6.07, 6.45) is 5.43. The van der Waals surface area contributed by atoms with E-state index in [0.717, 1.165) is 18.7 Å². The quantitative estimate of drug-likeness (QED) is 0.0396. The first kappa shape index (κ1) is 55.5. The molecule has 1 atom stereocenters.